The van der Waals surface area contributed by atoms with E-state index in [1.807, 2.05) is 0 Å². The van der Waals surface area contributed by atoms with Crippen molar-refractivity contribution in [3.8, 4) is 0 Å². The Kier molecular flexibility index (Phi) is 8.67. The Morgan fingerprint density at radius 3 is 2.56 bits per heavy atom. The minimum atomic E-state index is -0.984. The summed E-state index contributed by atoms with van der Waals surface area (Å²) in [6.45, 7) is 1.50. The fourth-order valence-electron chi connectivity index (χ4n) is 5.72. The topological polar surface area (TPSA) is 91.8 Å². The van der Waals surface area contributed by atoms with Crippen LogP contribution < -0.4 is 16.0 Å². The quantitative estimate of drug-likeness (QED) is 0.140. The largest absolute Gasteiger partial charge is 0.384 e. The van der Waals surface area contributed by atoms with Gasteiger partial charge < -0.3 is 16.0 Å². The second-order valence-electron chi connectivity index (χ2n) is 10.9. The second-order valence-corrected chi connectivity index (χ2v) is 10.9. The van der Waals surface area contributed by atoms with Crippen LogP contribution in [-0.2, 0) is 12.8 Å². The van der Waals surface area contributed by atoms with Crippen LogP contribution in [0.1, 0.15) is 60.1 Å². The highest BCUT2D eigenvalue weighted by molar-refractivity contribution is 6.00. The van der Waals surface area contributed by atoms with E-state index in [0.29, 0.717) is 28.8 Å². The van der Waals surface area contributed by atoms with Gasteiger partial charge >= 0.3 is 0 Å². The summed E-state index contributed by atoms with van der Waals surface area (Å²) in [5.41, 5.74) is 5.94. The summed E-state index contributed by atoms with van der Waals surface area (Å²) in [7, 11) is 0. The number of nitrogens with zero attached hydrogens (tertiary/aromatic N) is 3. The molecular formula is C34H34F2N6O. The molecule has 0 radical (unpaired) electrons. The highest BCUT2D eigenvalue weighted by atomic mass is 19.2. The number of nitrogens with one attached hydrogen (secondary N) is 3. The predicted molar refractivity (Wildman–Crippen MR) is 167 cm³/mol. The zero-order chi connectivity index (χ0) is 29.6. The molecule has 1 amide bonds. The Balaban J connectivity index is 0.970. The average molecular weight is 581 g/mol. The minimum Gasteiger partial charge on any atom is -0.384 e. The molecule has 43 heavy (non-hydrogen) atoms. The summed E-state index contributed by atoms with van der Waals surface area (Å²) in [6, 6.07) is 17.4. The molecule has 2 aromatic heterocycles. The van der Waals surface area contributed by atoms with Gasteiger partial charge in [0.15, 0.2) is 11.6 Å². The number of benzene rings is 3. The third-order valence-electron chi connectivity index (χ3n) is 7.96. The van der Waals surface area contributed by atoms with Crippen molar-refractivity contribution >= 4 is 44.9 Å². The first-order chi connectivity index (χ1) is 21.1. The molecule has 0 atom stereocenters. The SMILES string of the molecule is O=C(NCCCCCCNc1c2c(nc3ccccc13)CCCC2)c1ccc2c(Nc3cccc(F)c3F)ncnc2c1. The molecule has 220 valence electrons. The van der Waals surface area contributed by atoms with Crippen LogP contribution in [0.5, 0.6) is 0 Å². The Morgan fingerprint density at radius 1 is 0.814 bits per heavy atom. The predicted octanol–water partition coefficient (Wildman–Crippen LogP) is 7.48. The minimum absolute atomic E-state index is 0.0256. The van der Waals surface area contributed by atoms with Crippen LogP contribution in [-0.4, -0.2) is 33.9 Å². The van der Waals surface area contributed by atoms with Crippen LogP contribution in [0.15, 0.2) is 67.0 Å². The zero-order valence-electron chi connectivity index (χ0n) is 23.9. The number of aryl methyl sites for hydroxylation is 1. The molecule has 7 nitrogen and oxygen atoms in total. The maximum Gasteiger partial charge on any atom is 0.251 e. The van der Waals surface area contributed by atoms with Crippen molar-refractivity contribution in [2.75, 3.05) is 23.7 Å². The van der Waals surface area contributed by atoms with Gasteiger partial charge in [0.05, 0.1) is 16.7 Å². The fraction of sp³-hybridized carbons (Fsp3) is 0.294. The molecule has 1 aliphatic rings. The number of unbranched alkanes of at least 4 members (excludes halogenated alkanes) is 3. The van der Waals surface area contributed by atoms with Gasteiger partial charge in [0.1, 0.15) is 12.1 Å². The van der Waals surface area contributed by atoms with Gasteiger partial charge in [0, 0.05) is 40.8 Å². The van der Waals surface area contributed by atoms with E-state index in [1.54, 1.807) is 18.2 Å². The number of pyridine rings is 1. The Labute approximate surface area is 249 Å². The van der Waals surface area contributed by atoms with Crippen molar-refractivity contribution in [2.24, 2.45) is 0 Å². The number of hydrogen-bond acceptors (Lipinski definition) is 6. The molecule has 1 aliphatic carbocycles. The molecule has 3 N–H and O–H groups in total. The smallest absolute Gasteiger partial charge is 0.251 e. The molecule has 9 heteroatoms. The summed E-state index contributed by atoms with van der Waals surface area (Å²) in [6.07, 6.45) is 9.94. The summed E-state index contributed by atoms with van der Waals surface area (Å²) < 4.78 is 27.7. The second kappa shape index (κ2) is 13.1. The van der Waals surface area contributed by atoms with Gasteiger partial charge in [0.25, 0.3) is 5.91 Å². The number of fused-ring (bicyclic) bond motifs is 3. The Morgan fingerprint density at radius 2 is 1.65 bits per heavy atom. The summed E-state index contributed by atoms with van der Waals surface area (Å²) >= 11 is 0. The number of anilines is 3. The van der Waals surface area contributed by atoms with E-state index in [1.165, 1.54) is 53.6 Å². The molecule has 0 spiro atoms. The number of rotatable bonds is 11. The van der Waals surface area contributed by atoms with Crippen molar-refractivity contribution in [3.63, 3.8) is 0 Å². The molecule has 0 unspecified atom stereocenters. The Bertz CT molecular complexity index is 1780. The van der Waals surface area contributed by atoms with Gasteiger partial charge in [-0.2, -0.15) is 0 Å². The van der Waals surface area contributed by atoms with Crippen molar-refractivity contribution in [2.45, 2.75) is 51.4 Å². The lowest BCUT2D eigenvalue weighted by Crippen LogP contribution is -2.24. The first-order valence-corrected chi connectivity index (χ1v) is 15.0. The van der Waals surface area contributed by atoms with Crippen molar-refractivity contribution in [3.05, 3.63) is 95.4 Å². The standard InChI is InChI=1S/C34H34F2N6O/c35-26-12-9-15-29(31(26)36)42-33-25-17-16-22(20-30(25)39-21-40-33)34(43)38-19-8-2-1-7-18-37-32-23-10-3-5-13-27(23)41-28-14-6-4-11-24(28)32/h3,5,9-10,12-13,15-17,20-21H,1-2,4,6-8,11,14,18-19H2,(H,37,41)(H,38,43)(H,39,40,42). The summed E-state index contributed by atoms with van der Waals surface area (Å²) in [4.78, 5) is 26.1. The van der Waals surface area contributed by atoms with Gasteiger partial charge in [0.2, 0.25) is 0 Å². The van der Waals surface area contributed by atoms with Gasteiger partial charge in [-0.1, -0.05) is 37.1 Å². The average Bonchev–Trinajstić information content (AvgIpc) is 3.03. The van der Waals surface area contributed by atoms with Crippen LogP contribution in [0.25, 0.3) is 21.8 Å². The number of amides is 1. The van der Waals surface area contributed by atoms with Crippen LogP contribution in [0.4, 0.5) is 26.0 Å². The van der Waals surface area contributed by atoms with E-state index in [0.717, 1.165) is 56.7 Å². The van der Waals surface area contributed by atoms with E-state index in [-0.39, 0.29) is 11.6 Å². The number of carbonyl (C=O) groups excluding carboxylic acids is 1. The van der Waals surface area contributed by atoms with E-state index < -0.39 is 11.6 Å². The number of carbonyl (C=O) groups is 1. The van der Waals surface area contributed by atoms with E-state index in [2.05, 4.69) is 50.2 Å². The molecule has 3 aromatic carbocycles. The van der Waals surface area contributed by atoms with Gasteiger partial charge in [-0.15, -0.1) is 0 Å². The first-order valence-electron chi connectivity index (χ1n) is 15.0. The van der Waals surface area contributed by atoms with Crippen molar-refractivity contribution in [1.82, 2.24) is 20.3 Å². The van der Waals surface area contributed by atoms with Gasteiger partial charge in [-0.25, -0.2) is 18.7 Å². The van der Waals surface area contributed by atoms with Crippen molar-refractivity contribution < 1.29 is 13.6 Å². The molecule has 0 saturated carbocycles. The highest BCUT2D eigenvalue weighted by Gasteiger charge is 2.18. The van der Waals surface area contributed by atoms with E-state index in [4.69, 9.17) is 4.98 Å². The third-order valence-corrected chi connectivity index (χ3v) is 7.96. The normalized spacial score (nSPS) is 12.7. The lowest BCUT2D eigenvalue weighted by atomic mass is 9.92. The maximum atomic E-state index is 14.1. The molecular weight excluding hydrogens is 546 g/mol. The molecule has 0 bridgehead atoms. The molecule has 5 aromatic rings. The molecule has 0 aliphatic heterocycles. The molecule has 2 heterocycles. The molecule has 0 saturated heterocycles. The first kappa shape index (κ1) is 28.5. The van der Waals surface area contributed by atoms with Crippen LogP contribution >= 0.6 is 0 Å². The monoisotopic (exact) mass is 580 g/mol. The molecule has 6 rings (SSSR count). The van der Waals surface area contributed by atoms with Crippen LogP contribution in [0, 0.1) is 11.6 Å². The van der Waals surface area contributed by atoms with Crippen molar-refractivity contribution in [1.29, 1.82) is 0 Å². The summed E-state index contributed by atoms with van der Waals surface area (Å²) in [5.74, 6) is -1.78. The van der Waals surface area contributed by atoms with E-state index in [9.17, 15) is 13.6 Å². The van der Waals surface area contributed by atoms with Crippen LogP contribution in [0.3, 0.4) is 0 Å². The van der Waals surface area contributed by atoms with Crippen LogP contribution in [0.2, 0.25) is 0 Å². The highest BCUT2D eigenvalue weighted by Crippen LogP contribution is 2.33. The lowest BCUT2D eigenvalue weighted by molar-refractivity contribution is 0.0953. The lowest BCUT2D eigenvalue weighted by Gasteiger charge is -2.21. The molecule has 0 fully saturated rings. The number of halogens is 2. The summed E-state index contributed by atoms with van der Waals surface area (Å²) in [5, 5.41) is 11.3. The number of hydrogen-bond donors (Lipinski definition) is 3. The van der Waals surface area contributed by atoms with E-state index >= 15 is 0 Å². The zero-order valence-corrected chi connectivity index (χ0v) is 23.9. The van der Waals surface area contributed by atoms with Gasteiger partial charge in [-0.05, 0) is 80.5 Å². The maximum absolute atomic E-state index is 14.1. The number of para-hydroxylation sites is 1. The Hall–Kier alpha value is -4.66. The number of aromatic nitrogens is 3. The third kappa shape index (κ3) is 6.40. The van der Waals surface area contributed by atoms with Gasteiger partial charge in [-0.3, -0.25) is 9.78 Å². The fourth-order valence-corrected chi connectivity index (χ4v) is 5.72.